The lowest BCUT2D eigenvalue weighted by Crippen LogP contribution is -2.36. The van der Waals surface area contributed by atoms with Crippen LogP contribution in [0.15, 0.2) is 17.0 Å². The second-order valence-corrected chi connectivity index (χ2v) is 7.51. The van der Waals surface area contributed by atoms with E-state index in [1.165, 1.54) is 4.31 Å². The molecule has 0 aromatic heterocycles. The summed E-state index contributed by atoms with van der Waals surface area (Å²) in [4.78, 5) is 0.284. The normalized spacial score (nSPS) is 21.2. The average molecular weight is 313 g/mol. The first kappa shape index (κ1) is 16.4. The number of ether oxygens (including phenoxy) is 1. The quantitative estimate of drug-likeness (QED) is 0.920. The van der Waals surface area contributed by atoms with Gasteiger partial charge in [0, 0.05) is 19.7 Å². The van der Waals surface area contributed by atoms with Crippen LogP contribution in [-0.2, 0) is 21.4 Å². The molecule has 0 aliphatic carbocycles. The number of nitrogens with zero attached hydrogens (tertiary/aromatic N) is 1. The number of rotatable bonds is 3. The fourth-order valence-corrected chi connectivity index (χ4v) is 4.45. The first-order valence-electron chi connectivity index (χ1n) is 7.19. The predicted molar refractivity (Wildman–Crippen MR) is 80.6 cm³/mol. The van der Waals surface area contributed by atoms with Crippen molar-refractivity contribution < 1.29 is 18.3 Å². The van der Waals surface area contributed by atoms with Crippen LogP contribution in [0.4, 0.5) is 0 Å². The number of hydrogen-bond donors (Lipinski definition) is 1. The summed E-state index contributed by atoms with van der Waals surface area (Å²) >= 11 is 0. The summed E-state index contributed by atoms with van der Waals surface area (Å²) in [6.45, 7) is 6.80. The van der Waals surface area contributed by atoms with E-state index in [4.69, 9.17) is 4.74 Å². The Kier molecular flexibility index (Phi) is 5.03. The standard InChI is InChI=1S/C15H23NO4S/c1-11-7-12(2)15(8-14(11)10-17)21(18,19)16-5-4-6-20-13(3)9-16/h7-8,13,17H,4-6,9-10H2,1-3H3. The Morgan fingerprint density at radius 2 is 2.05 bits per heavy atom. The lowest BCUT2D eigenvalue weighted by molar-refractivity contribution is 0.0752. The molecular weight excluding hydrogens is 290 g/mol. The van der Waals surface area contributed by atoms with Gasteiger partial charge in [0.15, 0.2) is 0 Å². The Hall–Kier alpha value is -0.950. The SMILES string of the molecule is Cc1cc(C)c(S(=O)(=O)N2CCCOC(C)C2)cc1CO. The van der Waals surface area contributed by atoms with E-state index in [-0.39, 0.29) is 17.6 Å². The van der Waals surface area contributed by atoms with Crippen LogP contribution in [0.3, 0.4) is 0 Å². The first-order chi connectivity index (χ1) is 9.86. The van der Waals surface area contributed by atoms with Gasteiger partial charge in [-0.05, 0) is 49.9 Å². The van der Waals surface area contributed by atoms with E-state index >= 15 is 0 Å². The van der Waals surface area contributed by atoms with Crippen molar-refractivity contribution in [2.75, 3.05) is 19.7 Å². The van der Waals surface area contributed by atoms with Gasteiger partial charge in [0.25, 0.3) is 0 Å². The van der Waals surface area contributed by atoms with Crippen molar-refractivity contribution in [2.45, 2.75) is 44.8 Å². The molecule has 1 N–H and O–H groups in total. The maximum Gasteiger partial charge on any atom is 0.243 e. The minimum absolute atomic E-state index is 0.106. The molecule has 0 amide bonds. The lowest BCUT2D eigenvalue weighted by atomic mass is 10.1. The van der Waals surface area contributed by atoms with Gasteiger partial charge < -0.3 is 9.84 Å². The fourth-order valence-electron chi connectivity index (χ4n) is 2.64. The van der Waals surface area contributed by atoms with E-state index in [1.54, 1.807) is 13.0 Å². The molecule has 21 heavy (non-hydrogen) atoms. The van der Waals surface area contributed by atoms with Gasteiger partial charge >= 0.3 is 0 Å². The molecule has 1 heterocycles. The van der Waals surface area contributed by atoms with Gasteiger partial charge in [0.2, 0.25) is 10.0 Å². The summed E-state index contributed by atoms with van der Waals surface area (Å²) in [7, 11) is -3.56. The average Bonchev–Trinajstić information content (AvgIpc) is 2.63. The van der Waals surface area contributed by atoms with E-state index in [9.17, 15) is 13.5 Å². The van der Waals surface area contributed by atoms with Gasteiger partial charge in [-0.1, -0.05) is 6.07 Å². The fraction of sp³-hybridized carbons (Fsp3) is 0.600. The highest BCUT2D eigenvalue weighted by Gasteiger charge is 2.29. The van der Waals surface area contributed by atoms with Gasteiger partial charge in [0.05, 0.1) is 17.6 Å². The zero-order valence-corrected chi connectivity index (χ0v) is 13.6. The summed E-state index contributed by atoms with van der Waals surface area (Å²) in [5, 5.41) is 9.37. The van der Waals surface area contributed by atoms with Gasteiger partial charge in [-0.3, -0.25) is 0 Å². The highest BCUT2D eigenvalue weighted by atomic mass is 32.2. The molecule has 1 aromatic carbocycles. The second-order valence-electron chi connectivity index (χ2n) is 5.60. The Morgan fingerprint density at radius 3 is 2.71 bits per heavy atom. The molecule has 118 valence electrons. The molecule has 2 rings (SSSR count). The van der Waals surface area contributed by atoms with Crippen LogP contribution >= 0.6 is 0 Å². The Morgan fingerprint density at radius 1 is 1.33 bits per heavy atom. The molecule has 6 heteroatoms. The number of hydrogen-bond acceptors (Lipinski definition) is 4. The van der Waals surface area contributed by atoms with E-state index in [0.29, 0.717) is 37.2 Å². The zero-order chi connectivity index (χ0) is 15.6. The van der Waals surface area contributed by atoms with Crippen molar-refractivity contribution in [1.29, 1.82) is 0 Å². The molecular formula is C15H23NO4S. The molecule has 0 spiro atoms. The highest BCUT2D eigenvalue weighted by molar-refractivity contribution is 7.89. The number of sulfonamides is 1. The van der Waals surface area contributed by atoms with Gasteiger partial charge in [-0.15, -0.1) is 0 Å². The number of aryl methyl sites for hydroxylation is 2. The van der Waals surface area contributed by atoms with Gasteiger partial charge in [0.1, 0.15) is 0 Å². The summed E-state index contributed by atoms with van der Waals surface area (Å²) in [5.41, 5.74) is 2.27. The van der Waals surface area contributed by atoms with Crippen molar-refractivity contribution in [2.24, 2.45) is 0 Å². The van der Waals surface area contributed by atoms with Crippen molar-refractivity contribution in [1.82, 2.24) is 4.31 Å². The van der Waals surface area contributed by atoms with Crippen LogP contribution in [0.25, 0.3) is 0 Å². The molecule has 1 aliphatic heterocycles. The van der Waals surface area contributed by atoms with Crippen LogP contribution in [0, 0.1) is 13.8 Å². The molecule has 1 aliphatic rings. The molecule has 1 saturated heterocycles. The molecule has 1 fully saturated rings. The molecule has 0 bridgehead atoms. The smallest absolute Gasteiger partial charge is 0.243 e. The second kappa shape index (κ2) is 6.44. The van der Waals surface area contributed by atoms with E-state index < -0.39 is 10.0 Å². The van der Waals surface area contributed by atoms with Crippen LogP contribution in [0.1, 0.15) is 30.0 Å². The predicted octanol–water partition coefficient (Wildman–Crippen LogP) is 1.60. The zero-order valence-electron chi connectivity index (χ0n) is 12.8. The van der Waals surface area contributed by atoms with Crippen molar-refractivity contribution in [3.05, 3.63) is 28.8 Å². The van der Waals surface area contributed by atoms with Crippen LogP contribution in [-0.4, -0.2) is 43.6 Å². The maximum absolute atomic E-state index is 12.9. The molecule has 1 aromatic rings. The summed E-state index contributed by atoms with van der Waals surface area (Å²) in [6.07, 6.45) is 0.590. The van der Waals surface area contributed by atoms with Crippen LogP contribution in [0.2, 0.25) is 0 Å². The topological polar surface area (TPSA) is 66.8 Å². The summed E-state index contributed by atoms with van der Waals surface area (Å²) < 4.78 is 32.8. The van der Waals surface area contributed by atoms with Crippen LogP contribution < -0.4 is 0 Å². The molecule has 1 unspecified atom stereocenters. The third-order valence-electron chi connectivity index (χ3n) is 3.84. The Labute approximate surface area is 126 Å². The molecule has 1 atom stereocenters. The largest absolute Gasteiger partial charge is 0.392 e. The number of benzene rings is 1. The van der Waals surface area contributed by atoms with E-state index in [0.717, 1.165) is 5.56 Å². The van der Waals surface area contributed by atoms with Crippen molar-refractivity contribution in [3.63, 3.8) is 0 Å². The molecule has 5 nitrogen and oxygen atoms in total. The third kappa shape index (κ3) is 3.45. The third-order valence-corrected chi connectivity index (χ3v) is 5.84. The monoisotopic (exact) mass is 313 g/mol. The Balaban J connectivity index is 2.43. The van der Waals surface area contributed by atoms with Gasteiger partial charge in [-0.25, -0.2) is 8.42 Å². The summed E-state index contributed by atoms with van der Waals surface area (Å²) in [5.74, 6) is 0. The minimum atomic E-state index is -3.56. The molecule has 0 saturated carbocycles. The van der Waals surface area contributed by atoms with Crippen LogP contribution in [0.5, 0.6) is 0 Å². The van der Waals surface area contributed by atoms with E-state index in [1.807, 2.05) is 19.9 Å². The minimum Gasteiger partial charge on any atom is -0.392 e. The van der Waals surface area contributed by atoms with Crippen molar-refractivity contribution >= 4 is 10.0 Å². The van der Waals surface area contributed by atoms with Gasteiger partial charge in [-0.2, -0.15) is 4.31 Å². The molecule has 0 radical (unpaired) electrons. The number of aliphatic hydroxyl groups excluding tert-OH is 1. The van der Waals surface area contributed by atoms with E-state index in [2.05, 4.69) is 0 Å². The number of aliphatic hydroxyl groups is 1. The Bertz CT molecular complexity index is 612. The lowest BCUT2D eigenvalue weighted by Gasteiger charge is -2.23. The first-order valence-corrected chi connectivity index (χ1v) is 8.63. The summed E-state index contributed by atoms with van der Waals surface area (Å²) in [6, 6.07) is 3.41. The van der Waals surface area contributed by atoms with Crippen molar-refractivity contribution in [3.8, 4) is 0 Å². The maximum atomic E-state index is 12.9. The highest BCUT2D eigenvalue weighted by Crippen LogP contribution is 2.25.